The molecule has 0 aliphatic heterocycles. The Morgan fingerprint density at radius 2 is 0.661 bits per heavy atom. The van der Waals surface area contributed by atoms with Gasteiger partial charge >= 0.3 is 0 Å². The van der Waals surface area contributed by atoms with Crippen LogP contribution in [0, 0.1) is 0 Å². The molecule has 4 heteroatoms. The standard InChI is InChI=1S/C111H97NO3/c1-11-13-15-17-29-57-111(58-30-18-16-14-12-2)87-37-25-19-31-74(87)77-53-47-70(61-92(77)111)69-46-52-76-75-51-45-68(59-88(75)107(3,4)89(76)60-69)66-41-43-67(44-42-66)85-65-93-98(100-83-34-22-27-39-95(83)114-105(85)100)81-55-49-71(62-90(81)108(93,5)6)112(73-48-54-79-78-32-21-26-38-94(78)113-97(79)64-73)72-50-56-82-91(63-72)110(9,10)103-99(82)101-84-35-23-28-40-96(84)115-106(101)102-80-33-20-24-36-86(80)109(7,8)104(102)103/h19-28,31-56,59-65H,11-18,29-30,57-58H2,1-10H3. The number of hydrogen-bond donors (Lipinski definition) is 0. The lowest BCUT2D eigenvalue weighted by Crippen LogP contribution is -2.25. The van der Waals surface area contributed by atoms with Gasteiger partial charge in [-0.05, 0) is 225 Å². The van der Waals surface area contributed by atoms with Gasteiger partial charge in [0.1, 0.15) is 33.5 Å². The summed E-state index contributed by atoms with van der Waals surface area (Å²) in [6, 6.07) is 99.4. The molecule has 5 aliphatic rings. The van der Waals surface area contributed by atoms with Crippen LogP contribution in [0.1, 0.15) is 202 Å². The van der Waals surface area contributed by atoms with Gasteiger partial charge in [-0.25, -0.2) is 0 Å². The Bertz CT molecular complexity index is 6940. The van der Waals surface area contributed by atoms with E-state index in [1.165, 1.54) is 205 Å². The molecule has 0 unspecified atom stereocenters. The van der Waals surface area contributed by atoms with Crippen molar-refractivity contribution in [2.24, 2.45) is 0 Å². The summed E-state index contributed by atoms with van der Waals surface area (Å²) in [5.41, 5.74) is 41.7. The lowest BCUT2D eigenvalue weighted by molar-refractivity contribution is 0.399. The number of benzene rings is 14. The van der Waals surface area contributed by atoms with Crippen LogP contribution in [0.2, 0.25) is 0 Å². The van der Waals surface area contributed by atoms with Crippen molar-refractivity contribution >= 4 is 82.9 Å². The molecule has 0 saturated heterocycles. The van der Waals surface area contributed by atoms with E-state index >= 15 is 0 Å². The third kappa shape index (κ3) is 10.1. The van der Waals surface area contributed by atoms with Crippen LogP contribution in [0.25, 0.3) is 155 Å². The zero-order chi connectivity index (χ0) is 77.8. The molecule has 0 saturated carbocycles. The van der Waals surface area contributed by atoms with Gasteiger partial charge in [-0.15, -0.1) is 0 Å². The molecule has 5 aliphatic carbocycles. The summed E-state index contributed by atoms with van der Waals surface area (Å²) in [5.74, 6) is 0. The van der Waals surface area contributed by atoms with Crippen LogP contribution in [-0.2, 0) is 27.1 Å². The van der Waals surface area contributed by atoms with Crippen molar-refractivity contribution in [3.05, 3.63) is 316 Å². The van der Waals surface area contributed by atoms with Gasteiger partial charge in [-0.3, -0.25) is 0 Å². The molecule has 0 spiro atoms. The summed E-state index contributed by atoms with van der Waals surface area (Å²) in [7, 11) is 0. The summed E-state index contributed by atoms with van der Waals surface area (Å²) >= 11 is 0. The molecule has 3 aromatic heterocycles. The van der Waals surface area contributed by atoms with Crippen LogP contribution < -0.4 is 4.90 Å². The van der Waals surface area contributed by atoms with E-state index in [2.05, 4.69) is 335 Å². The first-order valence-electron chi connectivity index (χ1n) is 42.7. The zero-order valence-electron chi connectivity index (χ0n) is 68.0. The number of unbranched alkanes of at least 4 members (excludes halogenated alkanes) is 8. The number of hydrogen-bond acceptors (Lipinski definition) is 4. The van der Waals surface area contributed by atoms with Gasteiger partial charge in [-0.2, -0.15) is 0 Å². The fraction of sp³-hybridized carbons (Fsp3) is 0.243. The topological polar surface area (TPSA) is 42.7 Å². The quantitative estimate of drug-likeness (QED) is 0.0803. The van der Waals surface area contributed by atoms with Gasteiger partial charge in [0.15, 0.2) is 0 Å². The summed E-state index contributed by atoms with van der Waals surface area (Å²) < 4.78 is 21.0. The first kappa shape index (κ1) is 70.0. The second-order valence-corrected chi connectivity index (χ2v) is 36.4. The van der Waals surface area contributed by atoms with Gasteiger partial charge in [-0.1, -0.05) is 309 Å². The van der Waals surface area contributed by atoms with Crippen LogP contribution in [0.4, 0.5) is 17.1 Å². The maximum atomic E-state index is 7.17. The molecule has 564 valence electrons. The number of nitrogens with zero attached hydrogens (tertiary/aromatic N) is 1. The Balaban J connectivity index is 0.615. The van der Waals surface area contributed by atoms with Crippen molar-refractivity contribution in [2.75, 3.05) is 4.90 Å². The van der Waals surface area contributed by atoms with Crippen molar-refractivity contribution < 1.29 is 13.3 Å². The predicted octanol–water partition coefficient (Wildman–Crippen LogP) is 32.1. The Morgan fingerprint density at radius 3 is 1.30 bits per heavy atom. The summed E-state index contributed by atoms with van der Waals surface area (Å²) in [6.07, 6.45) is 15.4. The molecule has 4 nitrogen and oxygen atoms in total. The molecule has 3 heterocycles. The molecule has 0 atom stereocenters. The van der Waals surface area contributed by atoms with Gasteiger partial charge in [0.25, 0.3) is 0 Å². The van der Waals surface area contributed by atoms with Crippen molar-refractivity contribution in [3.63, 3.8) is 0 Å². The predicted molar refractivity (Wildman–Crippen MR) is 482 cm³/mol. The Labute approximate surface area is 675 Å². The minimum Gasteiger partial charge on any atom is -0.456 e. The lowest BCUT2D eigenvalue weighted by Gasteiger charge is -2.33. The van der Waals surface area contributed by atoms with Crippen molar-refractivity contribution in [1.82, 2.24) is 0 Å². The summed E-state index contributed by atoms with van der Waals surface area (Å²) in [4.78, 5) is 2.48. The summed E-state index contributed by atoms with van der Waals surface area (Å²) in [5, 5.41) is 6.86. The highest BCUT2D eigenvalue weighted by atomic mass is 16.3. The van der Waals surface area contributed by atoms with Crippen molar-refractivity contribution in [1.29, 1.82) is 0 Å². The van der Waals surface area contributed by atoms with E-state index < -0.39 is 10.8 Å². The monoisotopic (exact) mass is 1490 g/mol. The second kappa shape index (κ2) is 25.6. The number of fused-ring (bicyclic) bond motifs is 28. The molecule has 0 radical (unpaired) electrons. The van der Waals surface area contributed by atoms with Crippen molar-refractivity contribution in [2.45, 2.75) is 173 Å². The molecule has 22 rings (SSSR count). The molecule has 14 aromatic carbocycles. The van der Waals surface area contributed by atoms with Crippen LogP contribution >= 0.6 is 0 Å². The normalized spacial score (nSPS) is 15.5. The molecule has 0 amide bonds. The number of anilines is 3. The molecule has 0 N–H and O–H groups in total. The second-order valence-electron chi connectivity index (χ2n) is 36.4. The molecular weight excluding hydrogens is 1400 g/mol. The van der Waals surface area contributed by atoms with E-state index in [-0.39, 0.29) is 16.2 Å². The molecule has 17 aromatic rings. The van der Waals surface area contributed by atoms with E-state index in [0.29, 0.717) is 0 Å². The highest BCUT2D eigenvalue weighted by molar-refractivity contribution is 6.22. The van der Waals surface area contributed by atoms with Crippen LogP contribution in [0.5, 0.6) is 0 Å². The minimum atomic E-state index is -0.420. The highest BCUT2D eigenvalue weighted by Gasteiger charge is 2.50. The first-order chi connectivity index (χ1) is 56.0. The molecule has 115 heavy (non-hydrogen) atoms. The Morgan fingerprint density at radius 1 is 0.252 bits per heavy atom. The highest BCUT2D eigenvalue weighted by Crippen LogP contribution is 2.65. The van der Waals surface area contributed by atoms with Crippen LogP contribution in [-0.4, -0.2) is 0 Å². The van der Waals surface area contributed by atoms with E-state index in [1.54, 1.807) is 11.1 Å². The average Bonchev–Trinajstić information content (AvgIpc) is 1.51. The van der Waals surface area contributed by atoms with Gasteiger partial charge in [0, 0.05) is 93.6 Å². The fourth-order valence-electron chi connectivity index (χ4n) is 22.7. The van der Waals surface area contributed by atoms with Gasteiger partial charge in [0.2, 0.25) is 0 Å². The van der Waals surface area contributed by atoms with Crippen LogP contribution in [0.3, 0.4) is 0 Å². The van der Waals surface area contributed by atoms with E-state index in [0.717, 1.165) is 88.6 Å². The Hall–Kier alpha value is -11.7. The molecule has 0 bridgehead atoms. The third-order valence-electron chi connectivity index (χ3n) is 28.5. The first-order valence-corrected chi connectivity index (χ1v) is 42.7. The maximum Gasteiger partial charge on any atom is 0.144 e. The van der Waals surface area contributed by atoms with Gasteiger partial charge in [0.05, 0.1) is 0 Å². The number of para-hydroxylation sites is 3. The maximum absolute atomic E-state index is 7.17. The number of rotatable bonds is 18. The van der Waals surface area contributed by atoms with E-state index in [4.69, 9.17) is 13.3 Å². The van der Waals surface area contributed by atoms with Crippen LogP contribution in [0.15, 0.2) is 274 Å². The smallest absolute Gasteiger partial charge is 0.144 e. The molecular formula is C111H97NO3. The third-order valence-corrected chi connectivity index (χ3v) is 28.5. The van der Waals surface area contributed by atoms with E-state index in [9.17, 15) is 0 Å². The minimum absolute atomic E-state index is 0.0394. The van der Waals surface area contributed by atoms with Gasteiger partial charge < -0.3 is 18.2 Å². The SMILES string of the molecule is CCCCCCCC1(CCCCCCC)c2ccccc2-c2ccc(-c3ccc4c(c3)C(C)(C)c3cc(-c5ccc(-c6cc7c(c8c6oc6ccccc68)-c6ccc(N(c8ccc9c(c8)C(C)(C)c8c%10c(c%11oc%12ccccc%12c%11c8-9)-c8ccccc8C%10(C)C)c8ccc9c(c8)oc8ccccc89)cc6C7(C)C)cc5)ccc3-4)cc21. The van der Waals surface area contributed by atoms with E-state index in [1.807, 2.05) is 0 Å². The summed E-state index contributed by atoms with van der Waals surface area (Å²) in [6.45, 7) is 24.2. The molecule has 0 fully saturated rings. The fourth-order valence-corrected chi connectivity index (χ4v) is 22.7. The number of furan rings is 3. The average molecular weight is 1490 g/mol. The lowest BCUT2D eigenvalue weighted by atomic mass is 9.70. The Kier molecular flexibility index (Phi) is 15.6. The largest absolute Gasteiger partial charge is 0.456 e. The zero-order valence-corrected chi connectivity index (χ0v) is 68.0. The van der Waals surface area contributed by atoms with Crippen molar-refractivity contribution in [3.8, 4) is 89.0 Å².